The van der Waals surface area contributed by atoms with Crippen molar-refractivity contribution in [2.75, 3.05) is 4.43 Å². The Morgan fingerprint density at radius 3 is 2.10 bits per heavy atom. The molecule has 0 spiro atoms. The van der Waals surface area contributed by atoms with Crippen molar-refractivity contribution < 1.29 is 8.54 Å². The van der Waals surface area contributed by atoms with Crippen LogP contribution in [0.5, 0.6) is 0 Å². The van der Waals surface area contributed by atoms with Gasteiger partial charge in [-0.25, -0.2) is 0 Å². The van der Waals surface area contributed by atoms with Crippen LogP contribution in [0.2, 0.25) is 0 Å². The minimum atomic E-state index is -2.44. The van der Waals surface area contributed by atoms with E-state index in [4.69, 9.17) is 0 Å². The predicted molar refractivity (Wildman–Crippen MR) is 96.4 cm³/mol. The van der Waals surface area contributed by atoms with E-state index in [0.29, 0.717) is 5.92 Å². The van der Waals surface area contributed by atoms with Crippen molar-refractivity contribution in [2.24, 2.45) is 11.3 Å². The predicted octanol–water partition coefficient (Wildman–Crippen LogP) is 4.18. The molecule has 2 N–H and O–H groups in total. The summed E-state index contributed by atoms with van der Waals surface area (Å²) in [4.78, 5) is 0. The molecule has 0 saturated carbocycles. The molecule has 3 heteroatoms. The summed E-state index contributed by atoms with van der Waals surface area (Å²) < 4.78 is 14.8. The fourth-order valence-corrected chi connectivity index (χ4v) is 8.51. The monoisotopic (exact) mass is 392 g/mol. The number of halogens is 1. The molecule has 1 heterocycles. The molecule has 0 bridgehead atoms. The van der Waals surface area contributed by atoms with Crippen molar-refractivity contribution in [2.45, 2.75) is 59.5 Å². The number of alkyl halides is 1. The van der Waals surface area contributed by atoms with Crippen LogP contribution in [0.1, 0.15) is 53.9 Å². The van der Waals surface area contributed by atoms with E-state index in [2.05, 4.69) is 36.9 Å². The molecule has 2 nitrogen and oxygen atoms in total. The van der Waals surface area contributed by atoms with Crippen molar-refractivity contribution in [3.8, 4) is 0 Å². The van der Waals surface area contributed by atoms with Crippen LogP contribution in [0.15, 0.2) is 21.3 Å². The van der Waals surface area contributed by atoms with Gasteiger partial charge in [-0.3, -0.25) is 0 Å². The van der Waals surface area contributed by atoms with Gasteiger partial charge in [-0.15, -0.1) is 0 Å². The maximum atomic E-state index is 10.3. The van der Waals surface area contributed by atoms with Crippen LogP contribution in [0.25, 0.3) is 0 Å². The zero-order valence-electron chi connectivity index (χ0n) is 13.4. The molecule has 2 rings (SSSR count). The topological polar surface area (TPSA) is 40.5 Å². The normalized spacial score (nSPS) is 31.6. The van der Waals surface area contributed by atoms with Gasteiger partial charge in [0.25, 0.3) is 0 Å². The molecule has 116 valence electrons. The van der Waals surface area contributed by atoms with Crippen molar-refractivity contribution in [1.82, 2.24) is 0 Å². The summed E-state index contributed by atoms with van der Waals surface area (Å²) in [5.74, 6) is 0.393. The standard InChI is InChI=1S/C17H29IO2/c1-16(2,3)15(12-17(4,5)19)13-6-8-14(9-7-13)18(20)10-11-18/h6,8,10,15,19-20H,7,9,11-12H2,1-5H3. The van der Waals surface area contributed by atoms with Gasteiger partial charge in [0.15, 0.2) is 0 Å². The van der Waals surface area contributed by atoms with Gasteiger partial charge in [-0.1, -0.05) is 0 Å². The van der Waals surface area contributed by atoms with E-state index in [9.17, 15) is 8.54 Å². The van der Waals surface area contributed by atoms with E-state index < -0.39 is 24.0 Å². The number of aliphatic hydroxyl groups is 1. The second-order valence-corrected chi connectivity index (χ2v) is 14.9. The number of rotatable bonds is 4. The molecule has 0 amide bonds. The van der Waals surface area contributed by atoms with Crippen LogP contribution in [0, 0.1) is 11.3 Å². The Labute approximate surface area is 127 Å². The Morgan fingerprint density at radius 1 is 1.15 bits per heavy atom. The molecule has 2 unspecified atom stereocenters. The summed E-state index contributed by atoms with van der Waals surface area (Å²) in [6.45, 7) is 10.6. The molecule has 2 aliphatic rings. The summed E-state index contributed by atoms with van der Waals surface area (Å²) in [6.07, 6.45) is 7.27. The fourth-order valence-electron chi connectivity index (χ4n) is 2.94. The molecule has 20 heavy (non-hydrogen) atoms. The molecular formula is C17H29IO2. The molecule has 1 aliphatic heterocycles. The third-order valence-electron chi connectivity index (χ3n) is 4.19. The first-order chi connectivity index (χ1) is 9.01. The SMILES string of the molecule is CC(C)(O)CC(C1=CC=C(I2(O)=CC2)CC1)C(C)(C)C. The average Bonchev–Trinajstić information content (AvgIpc) is 3.03. The zero-order chi connectivity index (χ0) is 15.2. The second kappa shape index (κ2) is 5.33. The van der Waals surface area contributed by atoms with Crippen molar-refractivity contribution >= 4 is 22.4 Å². The Balaban J connectivity index is 2.21. The Bertz CT molecular complexity index is 498. The molecule has 1 aliphatic carbocycles. The summed E-state index contributed by atoms with van der Waals surface area (Å²) in [6, 6.07) is 0. The van der Waals surface area contributed by atoms with E-state index in [-0.39, 0.29) is 5.41 Å². The van der Waals surface area contributed by atoms with E-state index in [1.165, 1.54) is 9.15 Å². The Hall–Kier alpha value is -0.0000000000000000833. The van der Waals surface area contributed by atoms with Gasteiger partial charge in [0, 0.05) is 0 Å². The van der Waals surface area contributed by atoms with Gasteiger partial charge >= 0.3 is 127 Å². The molecule has 0 aromatic rings. The van der Waals surface area contributed by atoms with Crippen molar-refractivity contribution in [3.63, 3.8) is 0 Å². The molecule has 0 saturated heterocycles. The molecule has 0 aromatic carbocycles. The molecule has 0 fully saturated rings. The van der Waals surface area contributed by atoms with Crippen LogP contribution < -0.4 is 0 Å². The van der Waals surface area contributed by atoms with Crippen molar-refractivity contribution in [3.05, 3.63) is 21.3 Å². The second-order valence-electron chi connectivity index (χ2n) is 7.80. The first kappa shape index (κ1) is 16.4. The van der Waals surface area contributed by atoms with Crippen LogP contribution in [-0.4, -0.2) is 22.6 Å². The molecule has 0 radical (unpaired) electrons. The Kier molecular flexibility index (Phi) is 4.36. The average molecular weight is 392 g/mol. The van der Waals surface area contributed by atoms with E-state index in [0.717, 1.165) is 23.7 Å². The first-order valence-electron chi connectivity index (χ1n) is 7.43. The van der Waals surface area contributed by atoms with Crippen molar-refractivity contribution in [1.29, 1.82) is 0 Å². The van der Waals surface area contributed by atoms with Gasteiger partial charge in [0.1, 0.15) is 0 Å². The maximum absolute atomic E-state index is 10.3. The summed E-state index contributed by atoms with van der Waals surface area (Å²) in [5.41, 5.74) is 0.956. The first-order valence-corrected chi connectivity index (χ1v) is 12.2. The van der Waals surface area contributed by atoms with Gasteiger partial charge in [-0.05, 0) is 0 Å². The van der Waals surface area contributed by atoms with Crippen LogP contribution in [-0.2, 0) is 0 Å². The summed E-state index contributed by atoms with van der Waals surface area (Å²) in [5, 5.41) is 10.2. The number of allylic oxidation sites excluding steroid dienone is 4. The molecule has 0 aromatic heterocycles. The fraction of sp³-hybridized carbons (Fsp3) is 0.706. The molecule has 2 atom stereocenters. The minimum absolute atomic E-state index is 0.153. The van der Waals surface area contributed by atoms with Gasteiger partial charge in [-0.2, -0.15) is 0 Å². The third-order valence-corrected chi connectivity index (χ3v) is 10.0. The van der Waals surface area contributed by atoms with E-state index in [1.54, 1.807) is 0 Å². The number of hydrogen-bond donors (Lipinski definition) is 2. The zero-order valence-corrected chi connectivity index (χ0v) is 15.6. The van der Waals surface area contributed by atoms with E-state index in [1.807, 2.05) is 13.8 Å². The van der Waals surface area contributed by atoms with Crippen LogP contribution in [0.4, 0.5) is 0 Å². The quantitative estimate of drug-likeness (QED) is 0.557. The Morgan fingerprint density at radius 2 is 1.75 bits per heavy atom. The molecular weight excluding hydrogens is 363 g/mol. The number of hydrogen-bond acceptors (Lipinski definition) is 2. The summed E-state index contributed by atoms with van der Waals surface area (Å²) in [7, 11) is 0. The van der Waals surface area contributed by atoms with Crippen LogP contribution >= 0.6 is 18.4 Å². The summed E-state index contributed by atoms with van der Waals surface area (Å²) >= 11 is -2.44. The van der Waals surface area contributed by atoms with Gasteiger partial charge in [0.05, 0.1) is 0 Å². The van der Waals surface area contributed by atoms with Gasteiger partial charge in [0.2, 0.25) is 0 Å². The van der Waals surface area contributed by atoms with E-state index >= 15 is 0 Å². The van der Waals surface area contributed by atoms with Gasteiger partial charge < -0.3 is 0 Å². The van der Waals surface area contributed by atoms with Crippen LogP contribution in [0.3, 0.4) is 0 Å². The third kappa shape index (κ3) is 4.01.